The number of carboxylic acids is 1. The minimum Gasteiger partial charge on any atom is -0.481 e. The Morgan fingerprint density at radius 2 is 2.17 bits per heavy atom. The molecule has 18 heavy (non-hydrogen) atoms. The molecule has 0 aromatic heterocycles. The van der Waals surface area contributed by atoms with Crippen LogP contribution in [0.15, 0.2) is 24.3 Å². The lowest BCUT2D eigenvalue weighted by Crippen LogP contribution is -2.22. The van der Waals surface area contributed by atoms with E-state index < -0.39 is 11.9 Å². The first-order chi connectivity index (χ1) is 8.54. The Kier molecular flexibility index (Phi) is 5.17. The molecule has 0 saturated carbocycles. The molecule has 0 radical (unpaired) electrons. The summed E-state index contributed by atoms with van der Waals surface area (Å²) in [5.41, 5.74) is 6.87. The fourth-order valence-corrected chi connectivity index (χ4v) is 1.89. The molecule has 1 unspecified atom stereocenters. The van der Waals surface area contributed by atoms with E-state index in [0.29, 0.717) is 18.5 Å². The third-order valence-corrected chi connectivity index (χ3v) is 2.74. The largest absolute Gasteiger partial charge is 0.481 e. The topological polar surface area (TPSA) is 99.2 Å². The number of rotatable bonds is 6. The molecule has 0 aliphatic heterocycles. The number of hydrogen-bond donors (Lipinski definition) is 4. The summed E-state index contributed by atoms with van der Waals surface area (Å²) >= 11 is 0. The lowest BCUT2D eigenvalue weighted by Gasteiger charge is -2.15. The molecule has 0 bridgehead atoms. The van der Waals surface area contributed by atoms with Gasteiger partial charge in [0.05, 0.1) is 5.92 Å². The summed E-state index contributed by atoms with van der Waals surface area (Å²) in [6.07, 6.45) is 1.92. The molecule has 1 aromatic carbocycles. The van der Waals surface area contributed by atoms with E-state index in [2.05, 4.69) is 5.32 Å². The number of carbonyl (C=O) groups is 1. The molecular formula is C13H19N3O2. The maximum Gasteiger partial charge on any atom is 0.306 e. The van der Waals surface area contributed by atoms with Crippen molar-refractivity contribution >= 4 is 17.6 Å². The molecule has 1 aromatic rings. The fourth-order valence-electron chi connectivity index (χ4n) is 1.89. The summed E-state index contributed by atoms with van der Waals surface area (Å²) < 4.78 is 0. The van der Waals surface area contributed by atoms with Crippen LogP contribution in [-0.2, 0) is 11.2 Å². The quantitative estimate of drug-likeness (QED) is 0.458. The summed E-state index contributed by atoms with van der Waals surface area (Å²) in [6, 6.07) is 7.33. The van der Waals surface area contributed by atoms with E-state index >= 15 is 0 Å². The summed E-state index contributed by atoms with van der Waals surface area (Å²) in [5, 5.41) is 19.1. The molecule has 0 aliphatic carbocycles. The van der Waals surface area contributed by atoms with Crippen LogP contribution < -0.4 is 11.1 Å². The number of para-hydroxylation sites is 1. The zero-order valence-electron chi connectivity index (χ0n) is 10.4. The van der Waals surface area contributed by atoms with Crippen LogP contribution in [-0.4, -0.2) is 17.0 Å². The van der Waals surface area contributed by atoms with Crippen molar-refractivity contribution in [2.24, 2.45) is 11.7 Å². The van der Waals surface area contributed by atoms with E-state index in [9.17, 15) is 4.79 Å². The van der Waals surface area contributed by atoms with Gasteiger partial charge in [0.15, 0.2) is 5.96 Å². The van der Waals surface area contributed by atoms with Crippen LogP contribution in [0, 0.1) is 11.3 Å². The highest BCUT2D eigenvalue weighted by molar-refractivity contribution is 5.90. The number of anilines is 1. The highest BCUT2D eigenvalue weighted by Crippen LogP contribution is 2.21. The Morgan fingerprint density at radius 1 is 1.50 bits per heavy atom. The van der Waals surface area contributed by atoms with Crippen LogP contribution in [0.4, 0.5) is 5.69 Å². The minimum atomic E-state index is -0.783. The number of benzene rings is 1. The average Bonchev–Trinajstić information content (AvgIpc) is 2.30. The van der Waals surface area contributed by atoms with Gasteiger partial charge < -0.3 is 16.2 Å². The van der Waals surface area contributed by atoms with Crippen molar-refractivity contribution in [3.05, 3.63) is 29.8 Å². The predicted molar refractivity (Wildman–Crippen MR) is 71.7 cm³/mol. The Balaban J connectivity index is 2.87. The van der Waals surface area contributed by atoms with E-state index in [1.165, 1.54) is 0 Å². The second-order valence-electron chi connectivity index (χ2n) is 4.22. The molecular weight excluding hydrogens is 230 g/mol. The Morgan fingerprint density at radius 3 is 2.72 bits per heavy atom. The summed E-state index contributed by atoms with van der Waals surface area (Å²) in [7, 11) is 0. The first kappa shape index (κ1) is 14.0. The third-order valence-electron chi connectivity index (χ3n) is 2.74. The van der Waals surface area contributed by atoms with Crippen molar-refractivity contribution < 1.29 is 9.90 Å². The smallest absolute Gasteiger partial charge is 0.306 e. The standard InChI is InChI=1S/C13H19N3O2/c1-2-5-10(12(17)18)8-9-6-3-4-7-11(9)16-13(14)15/h3-4,6-7,10H,2,5,8H2,1H3,(H,17,18)(H4,14,15,16). The van der Waals surface area contributed by atoms with Gasteiger partial charge in [-0.2, -0.15) is 0 Å². The lowest BCUT2D eigenvalue weighted by atomic mass is 9.94. The van der Waals surface area contributed by atoms with Gasteiger partial charge in [-0.25, -0.2) is 0 Å². The highest BCUT2D eigenvalue weighted by atomic mass is 16.4. The fraction of sp³-hybridized carbons (Fsp3) is 0.385. The van der Waals surface area contributed by atoms with E-state index in [0.717, 1.165) is 12.0 Å². The number of hydrogen-bond acceptors (Lipinski definition) is 2. The lowest BCUT2D eigenvalue weighted by molar-refractivity contribution is -0.141. The average molecular weight is 249 g/mol. The van der Waals surface area contributed by atoms with Crippen molar-refractivity contribution in [2.75, 3.05) is 5.32 Å². The monoisotopic (exact) mass is 249 g/mol. The molecule has 1 rings (SSSR count). The maximum atomic E-state index is 11.1. The summed E-state index contributed by atoms with van der Waals surface area (Å²) in [5.74, 6) is -1.33. The first-order valence-electron chi connectivity index (χ1n) is 5.96. The van der Waals surface area contributed by atoms with Crippen molar-refractivity contribution in [3.8, 4) is 0 Å². The highest BCUT2D eigenvalue weighted by Gasteiger charge is 2.18. The van der Waals surface area contributed by atoms with E-state index in [-0.39, 0.29) is 5.96 Å². The van der Waals surface area contributed by atoms with Crippen LogP contribution in [0.3, 0.4) is 0 Å². The van der Waals surface area contributed by atoms with E-state index in [4.69, 9.17) is 16.2 Å². The van der Waals surface area contributed by atoms with Crippen molar-refractivity contribution in [1.82, 2.24) is 0 Å². The minimum absolute atomic E-state index is 0.148. The molecule has 0 amide bonds. The zero-order valence-corrected chi connectivity index (χ0v) is 10.4. The van der Waals surface area contributed by atoms with Gasteiger partial charge in [0.2, 0.25) is 0 Å². The molecule has 0 spiro atoms. The van der Waals surface area contributed by atoms with Crippen molar-refractivity contribution in [1.29, 1.82) is 5.41 Å². The molecule has 5 nitrogen and oxygen atoms in total. The van der Waals surface area contributed by atoms with Gasteiger partial charge in [0, 0.05) is 5.69 Å². The van der Waals surface area contributed by atoms with Crippen LogP contribution in [0.25, 0.3) is 0 Å². The molecule has 98 valence electrons. The molecule has 0 saturated heterocycles. The maximum absolute atomic E-state index is 11.1. The number of nitrogens with two attached hydrogens (primary N) is 1. The molecule has 5 heteroatoms. The number of nitrogens with one attached hydrogen (secondary N) is 2. The zero-order chi connectivity index (χ0) is 13.5. The molecule has 0 heterocycles. The Hall–Kier alpha value is -2.04. The first-order valence-corrected chi connectivity index (χ1v) is 5.96. The van der Waals surface area contributed by atoms with Gasteiger partial charge in [-0.1, -0.05) is 31.5 Å². The third kappa shape index (κ3) is 4.08. The Labute approximate surface area is 107 Å². The predicted octanol–water partition coefficient (Wildman–Crippen LogP) is 2.04. The molecule has 0 fully saturated rings. The normalized spacial score (nSPS) is 11.8. The Bertz CT molecular complexity index is 432. The van der Waals surface area contributed by atoms with Gasteiger partial charge in [0.25, 0.3) is 0 Å². The van der Waals surface area contributed by atoms with Gasteiger partial charge >= 0.3 is 5.97 Å². The van der Waals surface area contributed by atoms with Crippen LogP contribution in [0.5, 0.6) is 0 Å². The van der Waals surface area contributed by atoms with E-state index in [1.807, 2.05) is 25.1 Å². The number of guanidine groups is 1. The van der Waals surface area contributed by atoms with Crippen LogP contribution >= 0.6 is 0 Å². The van der Waals surface area contributed by atoms with E-state index in [1.54, 1.807) is 6.07 Å². The van der Waals surface area contributed by atoms with Gasteiger partial charge in [0.1, 0.15) is 0 Å². The molecule has 0 aliphatic rings. The van der Waals surface area contributed by atoms with Gasteiger partial charge in [-0.3, -0.25) is 10.2 Å². The second-order valence-corrected chi connectivity index (χ2v) is 4.22. The summed E-state index contributed by atoms with van der Waals surface area (Å²) in [4.78, 5) is 11.1. The summed E-state index contributed by atoms with van der Waals surface area (Å²) in [6.45, 7) is 1.97. The second kappa shape index (κ2) is 6.64. The van der Waals surface area contributed by atoms with Crippen molar-refractivity contribution in [3.63, 3.8) is 0 Å². The van der Waals surface area contributed by atoms with Gasteiger partial charge in [-0.15, -0.1) is 0 Å². The van der Waals surface area contributed by atoms with Crippen molar-refractivity contribution in [2.45, 2.75) is 26.2 Å². The van der Waals surface area contributed by atoms with Crippen LogP contribution in [0.1, 0.15) is 25.3 Å². The number of aliphatic carboxylic acids is 1. The molecule has 5 N–H and O–H groups in total. The van der Waals surface area contributed by atoms with Gasteiger partial charge in [-0.05, 0) is 24.5 Å². The van der Waals surface area contributed by atoms with Crippen LogP contribution in [0.2, 0.25) is 0 Å². The number of carboxylic acid groups (broad SMARTS) is 1. The SMILES string of the molecule is CCCC(Cc1ccccc1NC(=N)N)C(=O)O. The molecule has 1 atom stereocenters.